The number of rotatable bonds is 4. The highest BCUT2D eigenvalue weighted by molar-refractivity contribution is 7.99. The second kappa shape index (κ2) is 6.06. The van der Waals surface area contributed by atoms with Gasteiger partial charge in [-0.3, -0.25) is 0 Å². The number of nitrogens with zero attached hydrogens (tertiary/aromatic N) is 3. The van der Waals surface area contributed by atoms with Crippen molar-refractivity contribution < 1.29 is 0 Å². The summed E-state index contributed by atoms with van der Waals surface area (Å²) in [6, 6.07) is 0. The van der Waals surface area contributed by atoms with E-state index >= 15 is 0 Å². The van der Waals surface area contributed by atoms with Gasteiger partial charge in [-0.2, -0.15) is 11.8 Å². The molecule has 0 amide bonds. The van der Waals surface area contributed by atoms with Crippen molar-refractivity contribution in [3.8, 4) is 0 Å². The molecule has 0 aliphatic carbocycles. The fraction of sp³-hybridized carbons (Fsp3) is 0.636. The number of thioether (sulfide) groups is 1. The van der Waals surface area contributed by atoms with Gasteiger partial charge in [-0.05, 0) is 6.54 Å². The lowest BCUT2D eigenvalue weighted by molar-refractivity contribution is 0.718. The summed E-state index contributed by atoms with van der Waals surface area (Å²) in [5.74, 6) is 3.24. The highest BCUT2D eigenvalue weighted by atomic mass is 32.2. The summed E-state index contributed by atoms with van der Waals surface area (Å²) in [7, 11) is 0. The summed E-state index contributed by atoms with van der Waals surface area (Å²) in [5, 5.41) is 3.27. The monoisotopic (exact) mass is 238 g/mol. The standard InChI is InChI=1S/C11H18N4S/c1-2-12-7-10-8-13-11(14-9-10)15-3-5-16-6-4-15/h8-9,12H,2-7H2,1H3. The van der Waals surface area contributed by atoms with Gasteiger partial charge in [0.2, 0.25) is 5.95 Å². The van der Waals surface area contributed by atoms with Gasteiger partial charge in [-0.25, -0.2) is 9.97 Å². The maximum absolute atomic E-state index is 4.42. The zero-order valence-corrected chi connectivity index (χ0v) is 10.5. The fourth-order valence-corrected chi connectivity index (χ4v) is 2.54. The summed E-state index contributed by atoms with van der Waals surface area (Å²) >= 11 is 2.00. The van der Waals surface area contributed by atoms with Crippen molar-refractivity contribution in [3.63, 3.8) is 0 Å². The van der Waals surface area contributed by atoms with Gasteiger partial charge in [0.1, 0.15) is 0 Å². The van der Waals surface area contributed by atoms with Crippen LogP contribution in [0.2, 0.25) is 0 Å². The van der Waals surface area contributed by atoms with Crippen LogP contribution in [0, 0.1) is 0 Å². The van der Waals surface area contributed by atoms with E-state index < -0.39 is 0 Å². The molecule has 0 atom stereocenters. The van der Waals surface area contributed by atoms with Crippen LogP contribution in [-0.4, -0.2) is 41.1 Å². The number of aromatic nitrogens is 2. The molecule has 1 saturated heterocycles. The van der Waals surface area contributed by atoms with Crippen LogP contribution >= 0.6 is 11.8 Å². The Kier molecular flexibility index (Phi) is 4.42. The summed E-state index contributed by atoms with van der Waals surface area (Å²) < 4.78 is 0. The van der Waals surface area contributed by atoms with E-state index in [0.29, 0.717) is 0 Å². The average molecular weight is 238 g/mol. The number of hydrogen-bond acceptors (Lipinski definition) is 5. The van der Waals surface area contributed by atoms with Crippen LogP contribution in [0.3, 0.4) is 0 Å². The lowest BCUT2D eigenvalue weighted by Crippen LogP contribution is -2.33. The highest BCUT2D eigenvalue weighted by Gasteiger charge is 2.12. The Bertz CT molecular complexity index is 308. The first-order chi connectivity index (χ1) is 7.90. The third kappa shape index (κ3) is 3.09. The predicted molar refractivity (Wildman–Crippen MR) is 69.0 cm³/mol. The summed E-state index contributed by atoms with van der Waals surface area (Å²) in [4.78, 5) is 11.1. The van der Waals surface area contributed by atoms with Crippen LogP contribution in [0.25, 0.3) is 0 Å². The van der Waals surface area contributed by atoms with Gasteiger partial charge in [-0.15, -0.1) is 0 Å². The van der Waals surface area contributed by atoms with Crippen molar-refractivity contribution >= 4 is 17.7 Å². The molecule has 0 aromatic carbocycles. The molecule has 88 valence electrons. The molecule has 5 heteroatoms. The number of hydrogen-bond donors (Lipinski definition) is 1. The quantitative estimate of drug-likeness (QED) is 0.852. The first kappa shape index (κ1) is 11.7. The van der Waals surface area contributed by atoms with Gasteiger partial charge >= 0.3 is 0 Å². The van der Waals surface area contributed by atoms with Crippen molar-refractivity contribution in [3.05, 3.63) is 18.0 Å². The molecule has 16 heavy (non-hydrogen) atoms. The van der Waals surface area contributed by atoms with Crippen LogP contribution in [0.4, 0.5) is 5.95 Å². The van der Waals surface area contributed by atoms with Crippen molar-refractivity contribution in [2.45, 2.75) is 13.5 Å². The molecule has 2 rings (SSSR count). The van der Waals surface area contributed by atoms with Crippen LogP contribution in [-0.2, 0) is 6.54 Å². The van der Waals surface area contributed by atoms with Crippen LogP contribution in [0.5, 0.6) is 0 Å². The van der Waals surface area contributed by atoms with E-state index in [1.807, 2.05) is 24.2 Å². The van der Waals surface area contributed by atoms with E-state index in [0.717, 1.165) is 37.7 Å². The lowest BCUT2D eigenvalue weighted by Gasteiger charge is -2.26. The van der Waals surface area contributed by atoms with Gasteiger partial charge in [0.25, 0.3) is 0 Å². The third-order valence-corrected chi connectivity index (χ3v) is 3.51. The van der Waals surface area contributed by atoms with Crippen LogP contribution in [0.1, 0.15) is 12.5 Å². The minimum Gasteiger partial charge on any atom is -0.339 e. The first-order valence-corrected chi connectivity index (χ1v) is 6.90. The number of nitrogens with one attached hydrogen (secondary N) is 1. The number of anilines is 1. The average Bonchev–Trinajstić information content (AvgIpc) is 2.38. The minimum absolute atomic E-state index is 0.854. The molecular weight excluding hydrogens is 220 g/mol. The van der Waals surface area contributed by atoms with Crippen molar-refractivity contribution in [1.82, 2.24) is 15.3 Å². The molecule has 0 spiro atoms. The Morgan fingerprint density at radius 1 is 1.31 bits per heavy atom. The van der Waals surface area contributed by atoms with Gasteiger partial charge in [-0.1, -0.05) is 6.92 Å². The zero-order chi connectivity index (χ0) is 11.2. The van der Waals surface area contributed by atoms with E-state index in [2.05, 4.69) is 27.1 Å². The van der Waals surface area contributed by atoms with Gasteiger partial charge in [0, 0.05) is 49.1 Å². The van der Waals surface area contributed by atoms with E-state index in [-0.39, 0.29) is 0 Å². The Balaban J connectivity index is 1.95. The highest BCUT2D eigenvalue weighted by Crippen LogP contribution is 2.14. The maximum atomic E-state index is 4.42. The topological polar surface area (TPSA) is 41.1 Å². The summed E-state index contributed by atoms with van der Waals surface area (Å²) in [6.45, 7) is 6.06. The van der Waals surface area contributed by atoms with Crippen LogP contribution < -0.4 is 10.2 Å². The van der Waals surface area contributed by atoms with E-state index in [1.54, 1.807) is 0 Å². The SMILES string of the molecule is CCNCc1cnc(N2CCSCC2)nc1. The van der Waals surface area contributed by atoms with E-state index in [4.69, 9.17) is 0 Å². The van der Waals surface area contributed by atoms with Crippen molar-refractivity contribution in [2.24, 2.45) is 0 Å². The molecule has 1 aliphatic heterocycles. The molecule has 1 N–H and O–H groups in total. The maximum Gasteiger partial charge on any atom is 0.225 e. The third-order valence-electron chi connectivity index (χ3n) is 2.56. The Labute approximate surface area is 101 Å². The van der Waals surface area contributed by atoms with Crippen molar-refractivity contribution in [1.29, 1.82) is 0 Å². The first-order valence-electron chi connectivity index (χ1n) is 5.74. The Morgan fingerprint density at radius 2 is 2.00 bits per heavy atom. The molecule has 1 fully saturated rings. The second-order valence-electron chi connectivity index (χ2n) is 3.77. The molecular formula is C11H18N4S. The molecule has 0 radical (unpaired) electrons. The van der Waals surface area contributed by atoms with Crippen molar-refractivity contribution in [2.75, 3.05) is 36.0 Å². The lowest BCUT2D eigenvalue weighted by atomic mass is 10.3. The van der Waals surface area contributed by atoms with Gasteiger partial charge in [0.05, 0.1) is 0 Å². The molecule has 1 aliphatic rings. The fourth-order valence-electron chi connectivity index (χ4n) is 1.64. The summed E-state index contributed by atoms with van der Waals surface area (Å²) in [5.41, 5.74) is 1.15. The molecule has 4 nitrogen and oxygen atoms in total. The predicted octanol–water partition coefficient (Wildman–Crippen LogP) is 1.14. The molecule has 0 unspecified atom stereocenters. The van der Waals surface area contributed by atoms with Gasteiger partial charge in [0.15, 0.2) is 0 Å². The summed E-state index contributed by atoms with van der Waals surface area (Å²) in [6.07, 6.45) is 3.85. The molecule has 1 aromatic heterocycles. The molecule has 1 aromatic rings. The second-order valence-corrected chi connectivity index (χ2v) is 5.00. The van der Waals surface area contributed by atoms with E-state index in [9.17, 15) is 0 Å². The zero-order valence-electron chi connectivity index (χ0n) is 9.65. The Hall–Kier alpha value is -0.810. The molecule has 0 saturated carbocycles. The van der Waals surface area contributed by atoms with Gasteiger partial charge < -0.3 is 10.2 Å². The van der Waals surface area contributed by atoms with Crippen LogP contribution in [0.15, 0.2) is 12.4 Å². The minimum atomic E-state index is 0.854. The largest absolute Gasteiger partial charge is 0.339 e. The van der Waals surface area contributed by atoms with E-state index in [1.165, 1.54) is 11.5 Å². The Morgan fingerprint density at radius 3 is 2.62 bits per heavy atom. The molecule has 0 bridgehead atoms. The molecule has 2 heterocycles. The smallest absolute Gasteiger partial charge is 0.225 e. The normalized spacial score (nSPS) is 16.4.